The van der Waals surface area contributed by atoms with Gasteiger partial charge in [0.25, 0.3) is 11.8 Å². The molecule has 7 heteroatoms. The normalized spacial score (nSPS) is 19.3. The Hall–Kier alpha value is -2.83. The third kappa shape index (κ3) is 3.09. The van der Waals surface area contributed by atoms with E-state index in [0.717, 1.165) is 24.9 Å². The van der Waals surface area contributed by atoms with Crippen LogP contribution >= 0.6 is 0 Å². The highest BCUT2D eigenvalue weighted by atomic mass is 16.5. The lowest BCUT2D eigenvalue weighted by atomic mass is 10.1. The van der Waals surface area contributed by atoms with Crippen molar-refractivity contribution in [1.82, 2.24) is 14.7 Å². The second kappa shape index (κ2) is 6.23. The number of amides is 2. The lowest BCUT2D eigenvalue weighted by molar-refractivity contribution is -0.118. The number of hydrogen-bond acceptors (Lipinski definition) is 4. The lowest BCUT2D eigenvalue weighted by Gasteiger charge is -2.25. The quantitative estimate of drug-likeness (QED) is 0.925. The highest BCUT2D eigenvalue weighted by molar-refractivity contribution is 6.00. The minimum absolute atomic E-state index is 0.0117. The number of carbonyl (C=O) groups is 2. The number of benzene rings is 1. The van der Waals surface area contributed by atoms with Crippen molar-refractivity contribution in [2.24, 2.45) is 0 Å². The van der Waals surface area contributed by atoms with Crippen molar-refractivity contribution in [1.29, 1.82) is 0 Å². The molecule has 25 heavy (non-hydrogen) atoms. The topological polar surface area (TPSA) is 76.5 Å². The number of nitrogens with one attached hydrogen (secondary N) is 1. The Morgan fingerprint density at radius 2 is 2.32 bits per heavy atom. The number of hydrogen-bond donors (Lipinski definition) is 1. The Labute approximate surface area is 145 Å². The van der Waals surface area contributed by atoms with Crippen LogP contribution in [0, 0.1) is 6.92 Å². The van der Waals surface area contributed by atoms with Crippen LogP contribution in [0.25, 0.3) is 0 Å². The molecule has 1 saturated heterocycles. The highest BCUT2D eigenvalue weighted by Gasteiger charge is 2.30. The van der Waals surface area contributed by atoms with Crippen molar-refractivity contribution >= 4 is 17.5 Å². The smallest absolute Gasteiger partial charge is 0.262 e. The van der Waals surface area contributed by atoms with Gasteiger partial charge >= 0.3 is 0 Å². The van der Waals surface area contributed by atoms with Crippen molar-refractivity contribution in [2.75, 3.05) is 18.5 Å². The summed E-state index contributed by atoms with van der Waals surface area (Å²) in [7, 11) is 0. The number of aromatic nitrogens is 2. The van der Waals surface area contributed by atoms with Gasteiger partial charge in [-0.15, -0.1) is 0 Å². The predicted molar refractivity (Wildman–Crippen MR) is 91.6 cm³/mol. The number of fused-ring (bicyclic) bond motifs is 1. The standard InChI is InChI=1S/C18H20N4O3/c1-12-8-19-21(9-12)10-14-3-2-6-22(14)18(24)13-4-5-16-15(7-13)20-17(23)11-25-16/h4-5,7-9,14H,2-3,6,10-11H2,1H3,(H,20,23). The van der Waals surface area contributed by atoms with Crippen LogP contribution in [0.5, 0.6) is 5.75 Å². The predicted octanol–water partition coefficient (Wildman–Crippen LogP) is 1.83. The molecule has 130 valence electrons. The zero-order chi connectivity index (χ0) is 17.4. The summed E-state index contributed by atoms with van der Waals surface area (Å²) in [5.41, 5.74) is 2.23. The van der Waals surface area contributed by atoms with E-state index in [0.29, 0.717) is 23.5 Å². The first-order valence-corrected chi connectivity index (χ1v) is 8.47. The fourth-order valence-electron chi connectivity index (χ4n) is 3.46. The molecular formula is C18H20N4O3. The molecule has 0 bridgehead atoms. The van der Waals surface area contributed by atoms with Crippen LogP contribution in [-0.2, 0) is 11.3 Å². The van der Waals surface area contributed by atoms with Gasteiger partial charge in [0.15, 0.2) is 6.61 Å². The minimum Gasteiger partial charge on any atom is -0.482 e. The Morgan fingerprint density at radius 1 is 1.44 bits per heavy atom. The van der Waals surface area contributed by atoms with E-state index in [1.54, 1.807) is 18.2 Å². The van der Waals surface area contributed by atoms with E-state index < -0.39 is 0 Å². The molecule has 2 amide bonds. The summed E-state index contributed by atoms with van der Waals surface area (Å²) in [4.78, 5) is 26.3. The first kappa shape index (κ1) is 15.7. The molecule has 0 radical (unpaired) electrons. The van der Waals surface area contributed by atoms with Gasteiger partial charge in [-0.3, -0.25) is 14.3 Å². The van der Waals surface area contributed by atoms with Crippen LogP contribution in [0.4, 0.5) is 5.69 Å². The summed E-state index contributed by atoms with van der Waals surface area (Å²) < 4.78 is 7.25. The Balaban J connectivity index is 1.53. The summed E-state index contributed by atoms with van der Waals surface area (Å²) in [5, 5.41) is 7.08. The summed E-state index contributed by atoms with van der Waals surface area (Å²) in [6.07, 6.45) is 5.77. The van der Waals surface area contributed by atoms with Crippen molar-refractivity contribution < 1.29 is 14.3 Å². The minimum atomic E-state index is -0.204. The van der Waals surface area contributed by atoms with Gasteiger partial charge < -0.3 is 15.0 Å². The Bertz CT molecular complexity index is 829. The molecule has 0 spiro atoms. The monoisotopic (exact) mass is 340 g/mol. The van der Waals surface area contributed by atoms with Crippen LogP contribution in [0.1, 0.15) is 28.8 Å². The lowest BCUT2D eigenvalue weighted by Crippen LogP contribution is -2.38. The summed E-state index contributed by atoms with van der Waals surface area (Å²) in [6.45, 7) is 3.45. The number of carbonyl (C=O) groups excluding carboxylic acids is 2. The second-order valence-electron chi connectivity index (χ2n) is 6.58. The van der Waals surface area contributed by atoms with Gasteiger partial charge in [0.2, 0.25) is 0 Å². The number of likely N-dealkylation sites (tertiary alicyclic amines) is 1. The molecule has 3 heterocycles. The number of rotatable bonds is 3. The molecule has 2 aliphatic heterocycles. The fourth-order valence-corrected chi connectivity index (χ4v) is 3.46. The van der Waals surface area contributed by atoms with E-state index in [2.05, 4.69) is 10.4 Å². The van der Waals surface area contributed by atoms with Gasteiger partial charge in [0.1, 0.15) is 5.75 Å². The summed E-state index contributed by atoms with van der Waals surface area (Å²) >= 11 is 0. The van der Waals surface area contributed by atoms with Crippen molar-refractivity contribution in [3.63, 3.8) is 0 Å². The maximum Gasteiger partial charge on any atom is 0.262 e. The first-order valence-electron chi connectivity index (χ1n) is 8.47. The van der Waals surface area contributed by atoms with Gasteiger partial charge in [-0.2, -0.15) is 5.10 Å². The Kier molecular flexibility index (Phi) is 3.91. The number of aryl methyl sites for hydroxylation is 1. The van der Waals surface area contributed by atoms with E-state index in [1.165, 1.54) is 0 Å². The maximum absolute atomic E-state index is 13.0. The highest BCUT2D eigenvalue weighted by Crippen LogP contribution is 2.30. The second-order valence-corrected chi connectivity index (χ2v) is 6.58. The third-order valence-corrected chi connectivity index (χ3v) is 4.66. The van der Waals surface area contributed by atoms with Crippen molar-refractivity contribution in [3.8, 4) is 5.75 Å². The molecule has 1 aromatic carbocycles. The van der Waals surface area contributed by atoms with Crippen LogP contribution in [0.15, 0.2) is 30.6 Å². The number of anilines is 1. The SMILES string of the molecule is Cc1cnn(CC2CCCN2C(=O)c2ccc3c(c2)NC(=O)CO3)c1. The number of nitrogens with zero attached hydrogens (tertiary/aromatic N) is 3. The van der Waals surface area contributed by atoms with Gasteiger partial charge in [-0.05, 0) is 43.5 Å². The fraction of sp³-hybridized carbons (Fsp3) is 0.389. The van der Waals surface area contributed by atoms with Gasteiger partial charge in [-0.25, -0.2) is 0 Å². The molecule has 1 fully saturated rings. The maximum atomic E-state index is 13.0. The molecule has 1 N–H and O–H groups in total. The number of ether oxygens (including phenoxy) is 1. The van der Waals surface area contributed by atoms with E-state index in [4.69, 9.17) is 4.74 Å². The van der Waals surface area contributed by atoms with E-state index in [-0.39, 0.29) is 24.5 Å². The largest absolute Gasteiger partial charge is 0.482 e. The molecule has 4 rings (SSSR count). The van der Waals surface area contributed by atoms with Gasteiger partial charge in [-0.1, -0.05) is 0 Å². The summed E-state index contributed by atoms with van der Waals surface area (Å²) in [6, 6.07) is 5.33. The summed E-state index contributed by atoms with van der Waals surface area (Å²) in [5.74, 6) is 0.375. The molecule has 1 unspecified atom stereocenters. The van der Waals surface area contributed by atoms with Crippen LogP contribution in [-0.4, -0.2) is 45.7 Å². The molecule has 2 aliphatic rings. The van der Waals surface area contributed by atoms with Crippen LogP contribution in [0.3, 0.4) is 0 Å². The Morgan fingerprint density at radius 3 is 3.12 bits per heavy atom. The zero-order valence-electron chi connectivity index (χ0n) is 14.1. The molecule has 1 atom stereocenters. The van der Waals surface area contributed by atoms with Crippen LogP contribution in [0.2, 0.25) is 0 Å². The molecular weight excluding hydrogens is 320 g/mol. The molecule has 0 aliphatic carbocycles. The third-order valence-electron chi connectivity index (χ3n) is 4.66. The molecule has 7 nitrogen and oxygen atoms in total. The zero-order valence-corrected chi connectivity index (χ0v) is 14.1. The van der Waals surface area contributed by atoms with Gasteiger partial charge in [0.05, 0.1) is 24.5 Å². The van der Waals surface area contributed by atoms with E-state index >= 15 is 0 Å². The van der Waals surface area contributed by atoms with Crippen LogP contribution < -0.4 is 10.1 Å². The van der Waals surface area contributed by atoms with E-state index in [1.807, 2.05) is 28.9 Å². The average Bonchev–Trinajstić information content (AvgIpc) is 3.23. The molecule has 0 saturated carbocycles. The van der Waals surface area contributed by atoms with Crippen molar-refractivity contribution in [3.05, 3.63) is 41.7 Å². The average molecular weight is 340 g/mol. The van der Waals surface area contributed by atoms with Crippen molar-refractivity contribution in [2.45, 2.75) is 32.4 Å². The first-order chi connectivity index (χ1) is 12.1. The van der Waals surface area contributed by atoms with Gasteiger partial charge in [0, 0.05) is 18.3 Å². The molecule has 2 aromatic rings. The van der Waals surface area contributed by atoms with E-state index in [9.17, 15) is 9.59 Å². The molecule has 1 aromatic heterocycles.